The smallest absolute Gasteiger partial charge is 0.357 e. The molecule has 1 aromatic carbocycles. The van der Waals surface area contributed by atoms with E-state index in [1.165, 1.54) is 0 Å². The van der Waals surface area contributed by atoms with E-state index in [1.807, 2.05) is 26.0 Å². The van der Waals surface area contributed by atoms with E-state index < -0.39 is 17.6 Å². The number of rotatable bonds is 4. The molecule has 3 heterocycles. The zero-order valence-corrected chi connectivity index (χ0v) is 17.9. The van der Waals surface area contributed by atoms with Crippen LogP contribution in [0.4, 0.5) is 24.8 Å². The van der Waals surface area contributed by atoms with Crippen molar-refractivity contribution in [2.24, 2.45) is 0 Å². The molecule has 0 fully saturated rings. The van der Waals surface area contributed by atoms with Crippen molar-refractivity contribution in [1.82, 2.24) is 19.9 Å². The molecule has 33 heavy (non-hydrogen) atoms. The van der Waals surface area contributed by atoms with Crippen molar-refractivity contribution in [3.8, 4) is 11.1 Å². The molecule has 0 aliphatic heterocycles. The second-order valence-corrected chi connectivity index (χ2v) is 7.42. The van der Waals surface area contributed by atoms with E-state index in [0.717, 1.165) is 40.0 Å². The summed E-state index contributed by atoms with van der Waals surface area (Å²) in [7, 11) is 1.72. The summed E-state index contributed by atoms with van der Waals surface area (Å²) in [4.78, 5) is 29.3. The van der Waals surface area contributed by atoms with Gasteiger partial charge in [-0.3, -0.25) is 9.78 Å². The fourth-order valence-electron chi connectivity index (χ4n) is 3.36. The van der Waals surface area contributed by atoms with E-state index in [-0.39, 0.29) is 5.56 Å². The van der Waals surface area contributed by atoms with Crippen LogP contribution in [0, 0.1) is 13.8 Å². The molecule has 168 valence electrons. The number of nitrogens with zero attached hydrogens (tertiary/aromatic N) is 4. The van der Waals surface area contributed by atoms with Gasteiger partial charge in [-0.05, 0) is 49.2 Å². The number of nitrogens with one attached hydrogen (secondary N) is 2. The van der Waals surface area contributed by atoms with Gasteiger partial charge < -0.3 is 10.6 Å². The van der Waals surface area contributed by atoms with Crippen molar-refractivity contribution in [1.29, 1.82) is 0 Å². The van der Waals surface area contributed by atoms with Crippen molar-refractivity contribution >= 4 is 28.6 Å². The van der Waals surface area contributed by atoms with E-state index in [2.05, 4.69) is 30.6 Å². The fourth-order valence-corrected chi connectivity index (χ4v) is 3.36. The van der Waals surface area contributed by atoms with Crippen LogP contribution >= 0.6 is 0 Å². The lowest BCUT2D eigenvalue weighted by molar-refractivity contribution is -0.137. The maximum absolute atomic E-state index is 12.9. The average molecular weight is 452 g/mol. The van der Waals surface area contributed by atoms with E-state index in [4.69, 9.17) is 0 Å². The first-order chi connectivity index (χ1) is 15.7. The van der Waals surface area contributed by atoms with Gasteiger partial charge in [-0.25, -0.2) is 9.97 Å². The highest BCUT2D eigenvalue weighted by molar-refractivity contribution is 6.04. The van der Waals surface area contributed by atoms with Crippen LogP contribution < -0.4 is 10.6 Å². The Bertz CT molecular complexity index is 1370. The van der Waals surface area contributed by atoms with E-state index in [9.17, 15) is 18.0 Å². The monoisotopic (exact) mass is 452 g/mol. The maximum atomic E-state index is 12.9. The van der Waals surface area contributed by atoms with Crippen LogP contribution in [0.5, 0.6) is 0 Å². The standard InChI is InChI=1S/C23H19F3N6O/c1-12-4-5-17(31-21(33)15-6-16(11-28-9-15)23(24,25)26)8-18(12)19-7-14-10-29-22(27-3)32-20(14)30-13(19)2/h4-11H,1-3H3,(H,31,33)(H,27,29,30,32). The third-order valence-electron chi connectivity index (χ3n) is 5.10. The van der Waals surface area contributed by atoms with Crippen LogP contribution in [0.1, 0.15) is 27.2 Å². The summed E-state index contributed by atoms with van der Waals surface area (Å²) in [6, 6.07) is 7.95. The molecule has 0 aliphatic rings. The van der Waals surface area contributed by atoms with Gasteiger partial charge in [0.1, 0.15) is 0 Å². The Hall–Kier alpha value is -4.08. The number of aromatic nitrogens is 4. The zero-order chi connectivity index (χ0) is 23.8. The van der Waals surface area contributed by atoms with E-state index in [1.54, 1.807) is 25.4 Å². The summed E-state index contributed by atoms with van der Waals surface area (Å²) < 4.78 is 38.8. The molecule has 0 unspecified atom stereocenters. The Morgan fingerprint density at radius 3 is 2.48 bits per heavy atom. The number of pyridine rings is 2. The number of hydrogen-bond acceptors (Lipinski definition) is 6. The Morgan fingerprint density at radius 1 is 0.970 bits per heavy atom. The number of aryl methyl sites for hydroxylation is 2. The Balaban J connectivity index is 1.68. The van der Waals surface area contributed by atoms with Gasteiger partial charge in [0.2, 0.25) is 5.95 Å². The zero-order valence-electron chi connectivity index (χ0n) is 17.9. The molecule has 0 radical (unpaired) electrons. The fraction of sp³-hybridized carbons (Fsp3) is 0.174. The molecule has 4 rings (SSSR count). The van der Waals surface area contributed by atoms with Crippen molar-refractivity contribution in [2.75, 3.05) is 17.7 Å². The number of alkyl halides is 3. The topological polar surface area (TPSA) is 92.7 Å². The molecule has 3 aromatic heterocycles. The highest BCUT2D eigenvalue weighted by atomic mass is 19.4. The van der Waals surface area contributed by atoms with Gasteiger partial charge in [-0.2, -0.15) is 18.2 Å². The number of hydrogen-bond donors (Lipinski definition) is 2. The van der Waals surface area contributed by atoms with Gasteiger partial charge in [0.15, 0.2) is 5.65 Å². The first kappa shape index (κ1) is 22.1. The number of anilines is 2. The molecular formula is C23H19F3N6O. The highest BCUT2D eigenvalue weighted by Crippen LogP contribution is 2.32. The minimum absolute atomic E-state index is 0.187. The van der Waals surface area contributed by atoms with Crippen molar-refractivity contribution in [2.45, 2.75) is 20.0 Å². The molecule has 0 atom stereocenters. The Kier molecular flexibility index (Phi) is 5.67. The number of halogens is 3. The predicted octanol–water partition coefficient (Wildman–Crippen LogP) is 5.02. The van der Waals surface area contributed by atoms with Crippen LogP contribution in [0.25, 0.3) is 22.2 Å². The van der Waals surface area contributed by atoms with Gasteiger partial charge in [-0.15, -0.1) is 0 Å². The Morgan fingerprint density at radius 2 is 1.76 bits per heavy atom. The lowest BCUT2D eigenvalue weighted by Crippen LogP contribution is -2.14. The molecule has 4 aromatic rings. The normalized spacial score (nSPS) is 11.5. The Labute approximate surface area is 187 Å². The summed E-state index contributed by atoms with van der Waals surface area (Å²) >= 11 is 0. The number of carbonyl (C=O) groups excluding carboxylic acids is 1. The van der Waals surface area contributed by atoms with Crippen LogP contribution in [0.15, 0.2) is 48.9 Å². The van der Waals surface area contributed by atoms with Crippen LogP contribution in [-0.4, -0.2) is 32.9 Å². The lowest BCUT2D eigenvalue weighted by atomic mass is 9.98. The van der Waals surface area contributed by atoms with Gasteiger partial charge in [0.05, 0.1) is 11.1 Å². The molecule has 10 heteroatoms. The predicted molar refractivity (Wildman–Crippen MR) is 119 cm³/mol. The first-order valence-electron chi connectivity index (χ1n) is 9.92. The van der Waals surface area contributed by atoms with Crippen LogP contribution in [0.3, 0.4) is 0 Å². The minimum Gasteiger partial charge on any atom is -0.357 e. The summed E-state index contributed by atoms with van der Waals surface area (Å²) in [5.74, 6) is -0.225. The number of benzene rings is 1. The lowest BCUT2D eigenvalue weighted by Gasteiger charge is -2.13. The summed E-state index contributed by atoms with van der Waals surface area (Å²) in [6.45, 7) is 3.77. The molecular weight excluding hydrogens is 433 g/mol. The van der Waals surface area contributed by atoms with Gasteiger partial charge in [0.25, 0.3) is 5.91 Å². The maximum Gasteiger partial charge on any atom is 0.417 e. The van der Waals surface area contributed by atoms with E-state index >= 15 is 0 Å². The third kappa shape index (κ3) is 4.59. The molecule has 0 bridgehead atoms. The summed E-state index contributed by atoms with van der Waals surface area (Å²) in [5, 5.41) is 6.27. The number of fused-ring (bicyclic) bond motifs is 1. The third-order valence-corrected chi connectivity index (χ3v) is 5.10. The van der Waals surface area contributed by atoms with Crippen molar-refractivity contribution in [3.63, 3.8) is 0 Å². The summed E-state index contributed by atoms with van der Waals surface area (Å²) in [5.41, 5.74) is 3.13. The van der Waals surface area contributed by atoms with Gasteiger partial charge in [-0.1, -0.05) is 6.07 Å². The molecule has 0 saturated carbocycles. The number of carbonyl (C=O) groups is 1. The average Bonchev–Trinajstić information content (AvgIpc) is 2.79. The van der Waals surface area contributed by atoms with Crippen LogP contribution in [0.2, 0.25) is 0 Å². The minimum atomic E-state index is -4.58. The quantitative estimate of drug-likeness (QED) is 0.452. The van der Waals surface area contributed by atoms with Crippen molar-refractivity contribution < 1.29 is 18.0 Å². The van der Waals surface area contributed by atoms with E-state index in [0.29, 0.717) is 23.5 Å². The van der Waals surface area contributed by atoms with Crippen molar-refractivity contribution in [3.05, 3.63) is 71.3 Å². The molecule has 2 N–H and O–H groups in total. The first-order valence-corrected chi connectivity index (χ1v) is 9.92. The van der Waals surface area contributed by atoms with Crippen LogP contribution in [-0.2, 0) is 6.18 Å². The number of amides is 1. The molecule has 0 aliphatic carbocycles. The largest absolute Gasteiger partial charge is 0.417 e. The molecule has 1 amide bonds. The van der Waals surface area contributed by atoms with Gasteiger partial charge in [0, 0.05) is 48.0 Å². The molecule has 0 saturated heterocycles. The molecule has 7 nitrogen and oxygen atoms in total. The summed E-state index contributed by atoms with van der Waals surface area (Å²) in [6.07, 6.45) is -1.14. The highest BCUT2D eigenvalue weighted by Gasteiger charge is 2.31. The SMILES string of the molecule is CNc1ncc2cc(-c3cc(NC(=O)c4cncc(C(F)(F)F)c4)ccc3C)c(C)nc2n1. The van der Waals surface area contributed by atoms with Gasteiger partial charge >= 0.3 is 6.18 Å². The second-order valence-electron chi connectivity index (χ2n) is 7.42. The molecule has 0 spiro atoms. The second kappa shape index (κ2) is 8.45.